The summed E-state index contributed by atoms with van der Waals surface area (Å²) >= 11 is 5.87. The molecular weight excluding hydrogens is 245 g/mol. The van der Waals surface area contributed by atoms with Gasteiger partial charge in [0.05, 0.1) is 19.2 Å². The van der Waals surface area contributed by atoms with Crippen molar-refractivity contribution in [1.82, 2.24) is 5.32 Å². The molecule has 5 heteroatoms. The van der Waals surface area contributed by atoms with E-state index in [0.717, 1.165) is 19.5 Å². The summed E-state index contributed by atoms with van der Waals surface area (Å²) in [4.78, 5) is 0. The first kappa shape index (κ1) is 12.5. The van der Waals surface area contributed by atoms with Gasteiger partial charge in [-0.15, -0.1) is 0 Å². The van der Waals surface area contributed by atoms with Crippen molar-refractivity contribution in [3.05, 3.63) is 22.5 Å². The van der Waals surface area contributed by atoms with Crippen molar-refractivity contribution in [1.29, 1.82) is 0 Å². The molecule has 3 nitrogen and oxygen atoms in total. The van der Waals surface area contributed by atoms with E-state index in [-0.39, 0.29) is 10.9 Å². The first-order chi connectivity index (χ1) is 8.19. The van der Waals surface area contributed by atoms with Gasteiger partial charge in [-0.3, -0.25) is 0 Å². The summed E-state index contributed by atoms with van der Waals surface area (Å²) < 4.78 is 24.6. The lowest BCUT2D eigenvalue weighted by Crippen LogP contribution is -2.11. The molecule has 1 saturated heterocycles. The van der Waals surface area contributed by atoms with Crippen molar-refractivity contribution in [3.8, 4) is 11.5 Å². The van der Waals surface area contributed by atoms with Gasteiger partial charge in [0, 0.05) is 24.1 Å². The number of methoxy groups -OCH3 is 2. The van der Waals surface area contributed by atoms with Crippen molar-refractivity contribution in [2.75, 3.05) is 27.3 Å². The van der Waals surface area contributed by atoms with Crippen LogP contribution in [0, 0.1) is 5.82 Å². The van der Waals surface area contributed by atoms with Crippen LogP contribution < -0.4 is 14.8 Å². The topological polar surface area (TPSA) is 30.5 Å². The largest absolute Gasteiger partial charge is 0.493 e. The maximum Gasteiger partial charge on any atom is 0.167 e. The van der Waals surface area contributed by atoms with Crippen LogP contribution in [-0.4, -0.2) is 27.3 Å². The molecule has 0 saturated carbocycles. The van der Waals surface area contributed by atoms with Gasteiger partial charge in [0.1, 0.15) is 5.82 Å². The van der Waals surface area contributed by atoms with E-state index >= 15 is 0 Å². The van der Waals surface area contributed by atoms with Crippen LogP contribution in [0.2, 0.25) is 5.02 Å². The van der Waals surface area contributed by atoms with Crippen molar-refractivity contribution >= 4 is 11.6 Å². The standard InChI is InChI=1S/C12H15ClFNO2/c1-16-9-5-8(13)11(14)10(12(9)17-2)7-3-4-15-6-7/h5,7,15H,3-4,6H2,1-2H3. The molecule has 1 unspecified atom stereocenters. The molecule has 0 radical (unpaired) electrons. The Bertz CT molecular complexity index is 419. The second kappa shape index (κ2) is 5.10. The summed E-state index contributed by atoms with van der Waals surface area (Å²) in [6, 6.07) is 1.45. The molecule has 0 bridgehead atoms. The number of nitrogens with one attached hydrogen (secondary N) is 1. The second-order valence-electron chi connectivity index (χ2n) is 4.01. The minimum absolute atomic E-state index is 0.0737. The SMILES string of the molecule is COc1cc(Cl)c(F)c(C2CCNC2)c1OC. The van der Waals surface area contributed by atoms with Gasteiger partial charge in [-0.1, -0.05) is 11.6 Å². The summed E-state index contributed by atoms with van der Waals surface area (Å²) in [7, 11) is 3.03. The average molecular weight is 260 g/mol. The molecule has 2 rings (SSSR count). The maximum absolute atomic E-state index is 14.1. The zero-order valence-electron chi connectivity index (χ0n) is 9.85. The Morgan fingerprint density at radius 2 is 2.18 bits per heavy atom. The molecule has 1 aliphatic heterocycles. The molecule has 1 atom stereocenters. The monoisotopic (exact) mass is 259 g/mol. The second-order valence-corrected chi connectivity index (χ2v) is 4.42. The van der Waals surface area contributed by atoms with E-state index in [1.807, 2.05) is 0 Å². The molecule has 0 spiro atoms. The van der Waals surface area contributed by atoms with Crippen LogP contribution in [0.1, 0.15) is 17.9 Å². The van der Waals surface area contributed by atoms with E-state index in [9.17, 15) is 4.39 Å². The third kappa shape index (κ3) is 2.19. The van der Waals surface area contributed by atoms with Gasteiger partial charge >= 0.3 is 0 Å². The summed E-state index contributed by atoms with van der Waals surface area (Å²) in [5.74, 6) is 0.597. The fraction of sp³-hybridized carbons (Fsp3) is 0.500. The molecule has 1 heterocycles. The Morgan fingerprint density at radius 1 is 1.41 bits per heavy atom. The van der Waals surface area contributed by atoms with Gasteiger partial charge in [0.15, 0.2) is 11.5 Å². The molecule has 0 aromatic heterocycles. The molecule has 0 amide bonds. The van der Waals surface area contributed by atoms with Crippen molar-refractivity contribution in [2.24, 2.45) is 0 Å². The first-order valence-corrected chi connectivity index (χ1v) is 5.87. The third-order valence-corrected chi connectivity index (χ3v) is 3.34. The van der Waals surface area contributed by atoms with Gasteiger partial charge < -0.3 is 14.8 Å². The van der Waals surface area contributed by atoms with Crippen molar-refractivity contribution in [2.45, 2.75) is 12.3 Å². The lowest BCUT2D eigenvalue weighted by molar-refractivity contribution is 0.345. The van der Waals surface area contributed by atoms with Crippen LogP contribution in [0.3, 0.4) is 0 Å². The minimum Gasteiger partial charge on any atom is -0.493 e. The highest BCUT2D eigenvalue weighted by Crippen LogP contribution is 2.42. The Balaban J connectivity index is 2.56. The fourth-order valence-electron chi connectivity index (χ4n) is 2.23. The van der Waals surface area contributed by atoms with E-state index in [1.54, 1.807) is 0 Å². The van der Waals surface area contributed by atoms with Crippen LogP contribution >= 0.6 is 11.6 Å². The number of benzene rings is 1. The van der Waals surface area contributed by atoms with Gasteiger partial charge in [0.2, 0.25) is 0 Å². The highest BCUT2D eigenvalue weighted by Gasteiger charge is 2.28. The molecule has 1 aliphatic rings. The maximum atomic E-state index is 14.1. The Kier molecular flexibility index (Phi) is 3.74. The molecule has 1 N–H and O–H groups in total. The fourth-order valence-corrected chi connectivity index (χ4v) is 2.43. The molecular formula is C12H15ClFNO2. The average Bonchev–Trinajstić information content (AvgIpc) is 2.85. The summed E-state index contributed by atoms with van der Waals surface area (Å²) in [5, 5.41) is 3.27. The van der Waals surface area contributed by atoms with Crippen molar-refractivity contribution in [3.63, 3.8) is 0 Å². The van der Waals surface area contributed by atoms with E-state index in [0.29, 0.717) is 17.1 Å². The van der Waals surface area contributed by atoms with E-state index < -0.39 is 5.82 Å². The predicted octanol–water partition coefficient (Wildman–Crippen LogP) is 2.57. The van der Waals surface area contributed by atoms with Crippen LogP contribution in [0.25, 0.3) is 0 Å². The zero-order chi connectivity index (χ0) is 12.4. The Labute approximate surface area is 105 Å². The smallest absolute Gasteiger partial charge is 0.167 e. The molecule has 0 aliphatic carbocycles. The summed E-state index contributed by atoms with van der Waals surface area (Å²) in [5.41, 5.74) is 0.516. The number of rotatable bonds is 3. The molecule has 94 valence electrons. The molecule has 1 aromatic carbocycles. The lowest BCUT2D eigenvalue weighted by atomic mass is 9.96. The van der Waals surface area contributed by atoms with Gasteiger partial charge in [-0.25, -0.2) is 4.39 Å². The van der Waals surface area contributed by atoms with Crippen LogP contribution in [0.15, 0.2) is 6.07 Å². The van der Waals surface area contributed by atoms with E-state index in [2.05, 4.69) is 5.32 Å². The van der Waals surface area contributed by atoms with Crippen LogP contribution in [0.5, 0.6) is 11.5 Å². The summed E-state index contributed by atoms with van der Waals surface area (Å²) in [6.45, 7) is 1.61. The minimum atomic E-state index is -0.405. The highest BCUT2D eigenvalue weighted by molar-refractivity contribution is 6.31. The Hall–Kier alpha value is -1.00. The number of hydrogen-bond donors (Lipinski definition) is 1. The molecule has 1 fully saturated rings. The van der Waals surface area contributed by atoms with Gasteiger partial charge in [-0.05, 0) is 13.0 Å². The predicted molar refractivity (Wildman–Crippen MR) is 64.7 cm³/mol. The molecule has 17 heavy (non-hydrogen) atoms. The molecule has 1 aromatic rings. The highest BCUT2D eigenvalue weighted by atomic mass is 35.5. The first-order valence-electron chi connectivity index (χ1n) is 5.49. The van der Waals surface area contributed by atoms with Crippen LogP contribution in [-0.2, 0) is 0 Å². The zero-order valence-corrected chi connectivity index (χ0v) is 10.6. The number of halogens is 2. The van der Waals surface area contributed by atoms with E-state index in [4.69, 9.17) is 21.1 Å². The normalized spacial score (nSPS) is 19.4. The number of ether oxygens (including phenoxy) is 2. The third-order valence-electron chi connectivity index (χ3n) is 3.06. The number of hydrogen-bond acceptors (Lipinski definition) is 3. The lowest BCUT2D eigenvalue weighted by Gasteiger charge is -2.18. The summed E-state index contributed by atoms with van der Waals surface area (Å²) in [6.07, 6.45) is 0.872. The van der Waals surface area contributed by atoms with Crippen molar-refractivity contribution < 1.29 is 13.9 Å². The van der Waals surface area contributed by atoms with Crippen LogP contribution in [0.4, 0.5) is 4.39 Å². The Morgan fingerprint density at radius 3 is 2.71 bits per heavy atom. The quantitative estimate of drug-likeness (QED) is 0.905. The van der Waals surface area contributed by atoms with Gasteiger partial charge in [-0.2, -0.15) is 0 Å². The van der Waals surface area contributed by atoms with E-state index in [1.165, 1.54) is 20.3 Å². The van der Waals surface area contributed by atoms with Gasteiger partial charge in [0.25, 0.3) is 0 Å².